The summed E-state index contributed by atoms with van der Waals surface area (Å²) in [6.45, 7) is 10.8. The van der Waals surface area contributed by atoms with E-state index in [1.165, 1.54) is 5.56 Å². The standard InChI is InChI=1S/C23H32N2O2/c1-5-27-22-13-11-20(12-14-22)15-23(26)24-19(4)16-25(18(2)3)17-21-9-7-6-8-10-21/h6-14,18-19H,5,15-17H2,1-4H3,(H,24,26). The molecule has 27 heavy (non-hydrogen) atoms. The van der Waals surface area contributed by atoms with Crippen molar-refractivity contribution in [2.24, 2.45) is 0 Å². The van der Waals surface area contributed by atoms with Crippen molar-refractivity contribution in [3.8, 4) is 5.75 Å². The van der Waals surface area contributed by atoms with Crippen LogP contribution in [0.5, 0.6) is 5.75 Å². The third-order valence-electron chi connectivity index (χ3n) is 4.47. The van der Waals surface area contributed by atoms with Crippen LogP contribution in [0, 0.1) is 0 Å². The van der Waals surface area contributed by atoms with Crippen LogP contribution in [0.2, 0.25) is 0 Å². The predicted molar refractivity (Wildman–Crippen MR) is 111 cm³/mol. The fraction of sp³-hybridized carbons (Fsp3) is 0.435. The molecule has 0 saturated carbocycles. The average molecular weight is 369 g/mol. The summed E-state index contributed by atoms with van der Waals surface area (Å²) in [6, 6.07) is 18.7. The van der Waals surface area contributed by atoms with Gasteiger partial charge in [0.25, 0.3) is 0 Å². The smallest absolute Gasteiger partial charge is 0.224 e. The highest BCUT2D eigenvalue weighted by Crippen LogP contribution is 2.13. The van der Waals surface area contributed by atoms with Gasteiger partial charge in [-0.05, 0) is 51.0 Å². The highest BCUT2D eigenvalue weighted by atomic mass is 16.5. The van der Waals surface area contributed by atoms with E-state index in [1.807, 2.05) is 37.3 Å². The van der Waals surface area contributed by atoms with Crippen LogP contribution in [-0.4, -0.2) is 36.0 Å². The normalized spacial score (nSPS) is 12.2. The Morgan fingerprint density at radius 1 is 1.00 bits per heavy atom. The number of hydrogen-bond donors (Lipinski definition) is 1. The molecule has 1 unspecified atom stereocenters. The Morgan fingerprint density at radius 2 is 1.67 bits per heavy atom. The lowest BCUT2D eigenvalue weighted by Crippen LogP contribution is -2.44. The Kier molecular flexibility index (Phi) is 8.34. The van der Waals surface area contributed by atoms with Crippen molar-refractivity contribution in [2.45, 2.75) is 52.7 Å². The summed E-state index contributed by atoms with van der Waals surface area (Å²) in [5.74, 6) is 0.888. The van der Waals surface area contributed by atoms with Gasteiger partial charge >= 0.3 is 0 Å². The number of hydrogen-bond acceptors (Lipinski definition) is 3. The van der Waals surface area contributed by atoms with Gasteiger partial charge in [0.2, 0.25) is 5.91 Å². The first-order valence-electron chi connectivity index (χ1n) is 9.77. The van der Waals surface area contributed by atoms with Gasteiger partial charge in [-0.3, -0.25) is 9.69 Å². The van der Waals surface area contributed by atoms with Gasteiger partial charge in [0.05, 0.1) is 13.0 Å². The lowest BCUT2D eigenvalue weighted by molar-refractivity contribution is -0.121. The fourth-order valence-corrected chi connectivity index (χ4v) is 3.05. The minimum absolute atomic E-state index is 0.0510. The second-order valence-corrected chi connectivity index (χ2v) is 7.23. The summed E-state index contributed by atoms with van der Waals surface area (Å²) in [6.07, 6.45) is 0.386. The van der Waals surface area contributed by atoms with Gasteiger partial charge in [0.15, 0.2) is 0 Å². The Balaban J connectivity index is 1.84. The van der Waals surface area contributed by atoms with E-state index in [-0.39, 0.29) is 11.9 Å². The van der Waals surface area contributed by atoms with Gasteiger partial charge in [0.1, 0.15) is 5.75 Å². The van der Waals surface area contributed by atoms with Crippen molar-refractivity contribution >= 4 is 5.91 Å². The van der Waals surface area contributed by atoms with Crippen LogP contribution in [0.15, 0.2) is 54.6 Å². The van der Waals surface area contributed by atoms with Gasteiger partial charge in [-0.1, -0.05) is 42.5 Å². The molecule has 2 aromatic rings. The van der Waals surface area contributed by atoms with Crippen molar-refractivity contribution in [3.05, 3.63) is 65.7 Å². The molecule has 1 amide bonds. The second-order valence-electron chi connectivity index (χ2n) is 7.23. The largest absolute Gasteiger partial charge is 0.494 e. The zero-order valence-electron chi connectivity index (χ0n) is 16.9. The van der Waals surface area contributed by atoms with E-state index < -0.39 is 0 Å². The average Bonchev–Trinajstić information content (AvgIpc) is 2.63. The molecule has 0 saturated heterocycles. The van der Waals surface area contributed by atoms with Crippen molar-refractivity contribution in [3.63, 3.8) is 0 Å². The lowest BCUT2D eigenvalue weighted by atomic mass is 10.1. The fourth-order valence-electron chi connectivity index (χ4n) is 3.05. The summed E-state index contributed by atoms with van der Waals surface area (Å²) in [4.78, 5) is 14.8. The minimum Gasteiger partial charge on any atom is -0.494 e. The molecule has 0 aliphatic carbocycles. The molecule has 0 spiro atoms. The molecule has 2 aromatic carbocycles. The molecule has 0 aliphatic rings. The van der Waals surface area contributed by atoms with Crippen LogP contribution in [0.4, 0.5) is 0 Å². The number of benzene rings is 2. The number of carbonyl (C=O) groups is 1. The number of ether oxygens (including phenoxy) is 1. The Labute approximate surface area is 163 Å². The molecule has 4 heteroatoms. The quantitative estimate of drug-likeness (QED) is 0.688. The van der Waals surface area contributed by atoms with Crippen LogP contribution in [0.25, 0.3) is 0 Å². The lowest BCUT2D eigenvalue weighted by Gasteiger charge is -2.29. The third kappa shape index (κ3) is 7.43. The monoisotopic (exact) mass is 368 g/mol. The molecule has 1 atom stereocenters. The van der Waals surface area contributed by atoms with E-state index in [9.17, 15) is 4.79 Å². The van der Waals surface area contributed by atoms with Gasteiger partial charge in [-0.25, -0.2) is 0 Å². The Morgan fingerprint density at radius 3 is 2.26 bits per heavy atom. The van der Waals surface area contributed by atoms with Crippen LogP contribution in [0.1, 0.15) is 38.8 Å². The first-order valence-corrected chi connectivity index (χ1v) is 9.77. The number of nitrogens with one attached hydrogen (secondary N) is 1. The van der Waals surface area contributed by atoms with E-state index in [4.69, 9.17) is 4.74 Å². The SMILES string of the molecule is CCOc1ccc(CC(=O)NC(C)CN(Cc2ccccc2)C(C)C)cc1. The first-order chi connectivity index (χ1) is 13.0. The molecule has 0 fully saturated rings. The van der Waals surface area contributed by atoms with E-state index in [0.29, 0.717) is 19.1 Å². The molecule has 1 N–H and O–H groups in total. The Bertz CT molecular complexity index is 683. The number of rotatable bonds is 10. The van der Waals surface area contributed by atoms with E-state index in [2.05, 4.69) is 55.3 Å². The summed E-state index contributed by atoms with van der Waals surface area (Å²) in [7, 11) is 0. The summed E-state index contributed by atoms with van der Waals surface area (Å²) in [5, 5.41) is 3.13. The predicted octanol–water partition coefficient (Wildman–Crippen LogP) is 4.04. The van der Waals surface area contributed by atoms with Crippen LogP contribution in [0.3, 0.4) is 0 Å². The first kappa shape index (κ1) is 21.0. The summed E-state index contributed by atoms with van der Waals surface area (Å²) in [5.41, 5.74) is 2.28. The maximum atomic E-state index is 12.4. The van der Waals surface area contributed by atoms with E-state index in [0.717, 1.165) is 24.4 Å². The van der Waals surface area contributed by atoms with Crippen LogP contribution in [-0.2, 0) is 17.8 Å². The number of nitrogens with zero attached hydrogens (tertiary/aromatic N) is 1. The molecular formula is C23H32N2O2. The topological polar surface area (TPSA) is 41.6 Å². The van der Waals surface area contributed by atoms with Gasteiger partial charge in [-0.2, -0.15) is 0 Å². The molecule has 4 nitrogen and oxygen atoms in total. The molecule has 146 valence electrons. The summed E-state index contributed by atoms with van der Waals surface area (Å²) >= 11 is 0. The second kappa shape index (κ2) is 10.7. The maximum absolute atomic E-state index is 12.4. The molecule has 2 rings (SSSR count). The van der Waals surface area contributed by atoms with Crippen molar-refractivity contribution < 1.29 is 9.53 Å². The zero-order chi connectivity index (χ0) is 19.6. The number of amides is 1. The highest BCUT2D eigenvalue weighted by Gasteiger charge is 2.16. The molecule has 0 heterocycles. The van der Waals surface area contributed by atoms with E-state index >= 15 is 0 Å². The van der Waals surface area contributed by atoms with Crippen molar-refractivity contribution in [1.29, 1.82) is 0 Å². The van der Waals surface area contributed by atoms with Gasteiger partial charge in [0, 0.05) is 25.2 Å². The minimum atomic E-state index is 0.0510. The van der Waals surface area contributed by atoms with Crippen LogP contribution < -0.4 is 10.1 Å². The molecule has 0 bridgehead atoms. The summed E-state index contributed by atoms with van der Waals surface area (Å²) < 4.78 is 5.44. The molecule has 0 aliphatic heterocycles. The highest BCUT2D eigenvalue weighted by molar-refractivity contribution is 5.78. The molecule has 0 aromatic heterocycles. The molecular weight excluding hydrogens is 336 g/mol. The van der Waals surface area contributed by atoms with Crippen molar-refractivity contribution in [1.82, 2.24) is 10.2 Å². The zero-order valence-corrected chi connectivity index (χ0v) is 16.9. The van der Waals surface area contributed by atoms with Crippen molar-refractivity contribution in [2.75, 3.05) is 13.2 Å². The van der Waals surface area contributed by atoms with E-state index in [1.54, 1.807) is 0 Å². The van der Waals surface area contributed by atoms with Crippen LogP contribution >= 0.6 is 0 Å². The van der Waals surface area contributed by atoms with Gasteiger partial charge < -0.3 is 10.1 Å². The maximum Gasteiger partial charge on any atom is 0.224 e. The Hall–Kier alpha value is -2.33. The van der Waals surface area contributed by atoms with Gasteiger partial charge in [-0.15, -0.1) is 0 Å². The third-order valence-corrected chi connectivity index (χ3v) is 4.47. The number of carbonyl (C=O) groups excluding carboxylic acids is 1. The molecule has 0 radical (unpaired) electrons.